The zero-order chi connectivity index (χ0) is 12.1. The molecule has 1 saturated heterocycles. The highest BCUT2D eigenvalue weighted by Gasteiger charge is 2.19. The Balaban J connectivity index is 1.78. The third kappa shape index (κ3) is 3.97. The van der Waals surface area contributed by atoms with Crippen molar-refractivity contribution in [2.45, 2.75) is 32.7 Å². The number of nitrogens with zero attached hydrogens (tertiary/aromatic N) is 1. The van der Waals surface area contributed by atoms with E-state index in [4.69, 9.17) is 0 Å². The van der Waals surface area contributed by atoms with E-state index in [0.717, 1.165) is 26.1 Å². The molecule has 0 aromatic heterocycles. The maximum atomic E-state index is 11.1. The Morgan fingerprint density at radius 2 is 1.88 bits per heavy atom. The first-order valence-electron chi connectivity index (χ1n) is 6.50. The largest absolute Gasteiger partial charge is 0.300 e. The van der Waals surface area contributed by atoms with Gasteiger partial charge >= 0.3 is 0 Å². The lowest BCUT2D eigenvalue weighted by Crippen LogP contribution is -2.33. The summed E-state index contributed by atoms with van der Waals surface area (Å²) in [6.45, 7) is 5.02. The first-order valence-corrected chi connectivity index (χ1v) is 6.50. The molecular weight excluding hydrogens is 210 g/mol. The van der Waals surface area contributed by atoms with Crippen LogP contribution in [0.2, 0.25) is 0 Å². The maximum Gasteiger partial charge on any atom is 0.130 e. The maximum absolute atomic E-state index is 11.1. The van der Waals surface area contributed by atoms with Crippen LogP contribution in [0.15, 0.2) is 30.3 Å². The average molecular weight is 231 g/mol. The van der Waals surface area contributed by atoms with Crippen LogP contribution in [0.4, 0.5) is 0 Å². The van der Waals surface area contributed by atoms with Gasteiger partial charge in [0.2, 0.25) is 0 Å². The molecule has 0 bridgehead atoms. The molecule has 0 saturated carbocycles. The van der Waals surface area contributed by atoms with E-state index in [-0.39, 0.29) is 0 Å². The van der Waals surface area contributed by atoms with Gasteiger partial charge in [-0.2, -0.15) is 0 Å². The second kappa shape index (κ2) is 5.97. The van der Waals surface area contributed by atoms with Gasteiger partial charge in [0.25, 0.3) is 0 Å². The van der Waals surface area contributed by atoms with Crippen LogP contribution in [0.3, 0.4) is 0 Å². The molecule has 2 heteroatoms. The molecule has 92 valence electrons. The van der Waals surface area contributed by atoms with Gasteiger partial charge in [-0.05, 0) is 44.3 Å². The summed E-state index contributed by atoms with van der Waals surface area (Å²) in [5.74, 6) is 0.964. The first-order chi connectivity index (χ1) is 8.24. The van der Waals surface area contributed by atoms with E-state index in [0.29, 0.717) is 11.7 Å². The smallest absolute Gasteiger partial charge is 0.130 e. The molecule has 1 aromatic carbocycles. The molecule has 1 fully saturated rings. The van der Waals surface area contributed by atoms with E-state index in [1.165, 1.54) is 18.4 Å². The lowest BCUT2D eigenvalue weighted by Gasteiger charge is -2.31. The summed E-state index contributed by atoms with van der Waals surface area (Å²) in [6, 6.07) is 10.6. The van der Waals surface area contributed by atoms with Gasteiger partial charge in [-0.1, -0.05) is 30.3 Å². The highest BCUT2D eigenvalue weighted by molar-refractivity contribution is 5.75. The highest BCUT2D eigenvalue weighted by Crippen LogP contribution is 2.21. The number of Topliss-reactive ketones (excluding diaryl/α,β-unsaturated/α-hetero) is 1. The number of hydrogen-bond donors (Lipinski definition) is 0. The van der Waals surface area contributed by atoms with Crippen LogP contribution in [0.1, 0.15) is 31.7 Å². The standard InChI is InChI=1S/C15H21NO/c1-13(17)11-14-7-9-16(10-8-14)12-15-5-3-2-4-6-15/h2-6,14H,7-12H2,1H3. The molecule has 2 rings (SSSR count). The second-order valence-electron chi connectivity index (χ2n) is 5.11. The summed E-state index contributed by atoms with van der Waals surface area (Å²) < 4.78 is 0. The van der Waals surface area contributed by atoms with E-state index in [9.17, 15) is 4.79 Å². The first kappa shape index (κ1) is 12.3. The van der Waals surface area contributed by atoms with Gasteiger partial charge in [-0.15, -0.1) is 0 Å². The molecule has 0 atom stereocenters. The van der Waals surface area contributed by atoms with Crippen molar-refractivity contribution in [3.05, 3.63) is 35.9 Å². The van der Waals surface area contributed by atoms with Crippen LogP contribution in [0.5, 0.6) is 0 Å². The van der Waals surface area contributed by atoms with Gasteiger partial charge in [-0.25, -0.2) is 0 Å². The summed E-state index contributed by atoms with van der Waals surface area (Å²) in [5.41, 5.74) is 1.39. The van der Waals surface area contributed by atoms with Crippen molar-refractivity contribution in [1.29, 1.82) is 0 Å². The summed E-state index contributed by atoms with van der Waals surface area (Å²) in [6.07, 6.45) is 3.12. The predicted octanol–water partition coefficient (Wildman–Crippen LogP) is 2.88. The third-order valence-corrected chi connectivity index (χ3v) is 3.53. The van der Waals surface area contributed by atoms with Gasteiger partial charge in [0.05, 0.1) is 0 Å². The van der Waals surface area contributed by atoms with Gasteiger partial charge in [0.1, 0.15) is 5.78 Å². The van der Waals surface area contributed by atoms with Crippen molar-refractivity contribution < 1.29 is 4.79 Å². The van der Waals surface area contributed by atoms with Crippen LogP contribution < -0.4 is 0 Å². The number of piperidine rings is 1. The Bertz CT molecular complexity index is 352. The van der Waals surface area contributed by atoms with Crippen molar-refractivity contribution in [2.75, 3.05) is 13.1 Å². The van der Waals surface area contributed by atoms with Crippen molar-refractivity contribution in [3.8, 4) is 0 Å². The van der Waals surface area contributed by atoms with Crippen LogP contribution in [-0.2, 0) is 11.3 Å². The summed E-state index contributed by atoms with van der Waals surface area (Å²) in [4.78, 5) is 13.6. The zero-order valence-electron chi connectivity index (χ0n) is 10.6. The third-order valence-electron chi connectivity index (χ3n) is 3.53. The van der Waals surface area contributed by atoms with Gasteiger partial charge < -0.3 is 4.79 Å². The zero-order valence-corrected chi connectivity index (χ0v) is 10.6. The van der Waals surface area contributed by atoms with E-state index in [1.807, 2.05) is 0 Å². The van der Waals surface area contributed by atoms with Crippen molar-refractivity contribution in [3.63, 3.8) is 0 Å². The molecule has 0 spiro atoms. The number of carbonyl (C=O) groups excluding carboxylic acids is 1. The fourth-order valence-corrected chi connectivity index (χ4v) is 2.60. The molecule has 0 amide bonds. The Labute approximate surface area is 104 Å². The SMILES string of the molecule is CC(=O)CC1CCN(Cc2ccccc2)CC1. The van der Waals surface area contributed by atoms with E-state index in [2.05, 4.69) is 35.2 Å². The summed E-state index contributed by atoms with van der Waals surface area (Å²) in [5, 5.41) is 0. The highest BCUT2D eigenvalue weighted by atomic mass is 16.1. The van der Waals surface area contributed by atoms with E-state index >= 15 is 0 Å². The topological polar surface area (TPSA) is 20.3 Å². The van der Waals surface area contributed by atoms with Crippen molar-refractivity contribution in [1.82, 2.24) is 4.90 Å². The summed E-state index contributed by atoms with van der Waals surface area (Å²) in [7, 11) is 0. The predicted molar refractivity (Wildman–Crippen MR) is 69.7 cm³/mol. The Morgan fingerprint density at radius 3 is 2.47 bits per heavy atom. The number of ketones is 1. The lowest BCUT2D eigenvalue weighted by molar-refractivity contribution is -0.118. The fourth-order valence-electron chi connectivity index (χ4n) is 2.60. The van der Waals surface area contributed by atoms with Crippen LogP contribution in [0, 0.1) is 5.92 Å². The van der Waals surface area contributed by atoms with Crippen molar-refractivity contribution in [2.24, 2.45) is 5.92 Å². The molecule has 1 heterocycles. The molecule has 1 aliphatic rings. The number of likely N-dealkylation sites (tertiary alicyclic amines) is 1. The normalized spacial score (nSPS) is 18.2. The Kier molecular flexibility index (Phi) is 4.32. The van der Waals surface area contributed by atoms with E-state index < -0.39 is 0 Å². The molecule has 0 N–H and O–H groups in total. The number of benzene rings is 1. The fraction of sp³-hybridized carbons (Fsp3) is 0.533. The van der Waals surface area contributed by atoms with Crippen molar-refractivity contribution >= 4 is 5.78 Å². The van der Waals surface area contributed by atoms with Crippen LogP contribution >= 0.6 is 0 Å². The second-order valence-corrected chi connectivity index (χ2v) is 5.11. The Morgan fingerprint density at radius 1 is 1.24 bits per heavy atom. The van der Waals surface area contributed by atoms with Crippen LogP contribution in [-0.4, -0.2) is 23.8 Å². The number of hydrogen-bond acceptors (Lipinski definition) is 2. The number of carbonyl (C=O) groups is 1. The molecular formula is C15H21NO. The monoisotopic (exact) mass is 231 g/mol. The quantitative estimate of drug-likeness (QED) is 0.794. The number of rotatable bonds is 4. The average Bonchev–Trinajstić information content (AvgIpc) is 2.32. The molecule has 17 heavy (non-hydrogen) atoms. The van der Waals surface area contributed by atoms with Crippen LogP contribution in [0.25, 0.3) is 0 Å². The van der Waals surface area contributed by atoms with Gasteiger partial charge in [0, 0.05) is 13.0 Å². The van der Waals surface area contributed by atoms with Gasteiger partial charge in [0.15, 0.2) is 0 Å². The van der Waals surface area contributed by atoms with Gasteiger partial charge in [-0.3, -0.25) is 4.90 Å². The van der Waals surface area contributed by atoms with E-state index in [1.54, 1.807) is 6.92 Å². The minimum Gasteiger partial charge on any atom is -0.300 e. The summed E-state index contributed by atoms with van der Waals surface area (Å²) >= 11 is 0. The molecule has 0 radical (unpaired) electrons. The lowest BCUT2D eigenvalue weighted by atomic mass is 9.92. The molecule has 1 aromatic rings. The Hall–Kier alpha value is -1.15. The minimum atomic E-state index is 0.339. The molecule has 0 aliphatic carbocycles. The minimum absolute atomic E-state index is 0.339. The molecule has 1 aliphatic heterocycles. The molecule has 0 unspecified atom stereocenters. The molecule has 2 nitrogen and oxygen atoms in total.